The fraction of sp³-hybridized carbons (Fsp3) is 0.385. The number of likely N-dealkylation sites (tertiary alicyclic amines) is 1. The molecule has 3 aromatic rings. The number of anilines is 1. The molecule has 3 aromatic carbocycles. The number of rotatable bonds is 4. The molecule has 1 N–H and O–H groups in total. The van der Waals surface area contributed by atoms with Crippen LogP contribution in [0, 0.1) is 11.8 Å². The first-order valence-electron chi connectivity index (χ1n) is 16.9. The molecule has 4 aliphatic heterocycles. The second-order valence-corrected chi connectivity index (χ2v) is 13.5. The number of aliphatic hydroxyl groups is 1. The highest BCUT2D eigenvalue weighted by Crippen LogP contribution is 2.54. The van der Waals surface area contributed by atoms with Crippen molar-refractivity contribution in [3.63, 3.8) is 0 Å². The van der Waals surface area contributed by atoms with Gasteiger partial charge in [0.05, 0.1) is 30.7 Å². The molecule has 10 nitrogen and oxygen atoms in total. The third-order valence-corrected chi connectivity index (χ3v) is 10.7. The molecular formula is C39H41N3O7. The van der Waals surface area contributed by atoms with E-state index in [9.17, 15) is 24.3 Å². The molecule has 0 aliphatic carbocycles. The smallest absolute Gasteiger partial charge is 0.313 e. The fourth-order valence-electron chi connectivity index (χ4n) is 7.97. The third-order valence-electron chi connectivity index (χ3n) is 10.7. The molecule has 1 spiro atoms. The number of aliphatic hydroxyl groups excluding tert-OH is 1. The van der Waals surface area contributed by atoms with E-state index in [1.807, 2.05) is 85.8 Å². The second-order valence-electron chi connectivity index (χ2n) is 13.5. The van der Waals surface area contributed by atoms with Crippen LogP contribution in [0.3, 0.4) is 0 Å². The van der Waals surface area contributed by atoms with Crippen LogP contribution in [-0.2, 0) is 28.7 Å². The number of carbonyl (C=O) groups is 4. The van der Waals surface area contributed by atoms with E-state index in [2.05, 4.69) is 0 Å². The van der Waals surface area contributed by atoms with Gasteiger partial charge in [0, 0.05) is 25.7 Å². The SMILES string of the molecule is C[C@@H]1[C@@H](c2ccccc2)OC(=O)[C@@H]2[C@H]3C(=O)N([C@H](C)CO)[C@@H]4C(=O)N(c5ccc6ccccc6c5)CC=C[C@]34O[C@@H]2/C=C\CCC(=O)N1C. The number of nitrogens with zero attached hydrogens (tertiary/aromatic N) is 3. The average Bonchev–Trinajstić information content (AvgIpc) is 3.52. The zero-order valence-electron chi connectivity index (χ0n) is 27.8. The highest BCUT2D eigenvalue weighted by Gasteiger charge is 2.72. The van der Waals surface area contributed by atoms with Crippen LogP contribution in [0.5, 0.6) is 0 Å². The van der Waals surface area contributed by atoms with Crippen LogP contribution in [0.1, 0.15) is 38.4 Å². The number of esters is 1. The predicted octanol–water partition coefficient (Wildman–Crippen LogP) is 4.19. The minimum Gasteiger partial charge on any atom is -0.455 e. The largest absolute Gasteiger partial charge is 0.455 e. The van der Waals surface area contributed by atoms with Crippen molar-refractivity contribution in [2.75, 3.05) is 25.1 Å². The number of carbonyl (C=O) groups excluding carboxylic acids is 4. The summed E-state index contributed by atoms with van der Waals surface area (Å²) >= 11 is 0. The Morgan fingerprint density at radius 2 is 1.67 bits per heavy atom. The van der Waals surface area contributed by atoms with Crippen LogP contribution in [0.15, 0.2) is 97.1 Å². The van der Waals surface area contributed by atoms with Crippen molar-refractivity contribution in [1.82, 2.24) is 9.80 Å². The van der Waals surface area contributed by atoms with Crippen LogP contribution < -0.4 is 4.90 Å². The Labute approximate surface area is 285 Å². The minimum absolute atomic E-state index is 0.0935. The van der Waals surface area contributed by atoms with Gasteiger partial charge in [-0.2, -0.15) is 0 Å². The number of allylic oxidation sites excluding steroid dienone is 1. The zero-order valence-corrected chi connectivity index (χ0v) is 27.8. The van der Waals surface area contributed by atoms with Gasteiger partial charge >= 0.3 is 5.97 Å². The highest BCUT2D eigenvalue weighted by atomic mass is 16.6. The fourth-order valence-corrected chi connectivity index (χ4v) is 7.97. The van der Waals surface area contributed by atoms with E-state index in [0.717, 1.165) is 10.8 Å². The van der Waals surface area contributed by atoms with E-state index >= 15 is 0 Å². The summed E-state index contributed by atoms with van der Waals surface area (Å²) in [5, 5.41) is 12.3. The lowest BCUT2D eigenvalue weighted by Gasteiger charge is -2.37. The molecule has 49 heavy (non-hydrogen) atoms. The van der Waals surface area contributed by atoms with Crippen LogP contribution in [0.25, 0.3) is 10.8 Å². The first-order chi connectivity index (χ1) is 23.7. The van der Waals surface area contributed by atoms with Gasteiger partial charge in [0.2, 0.25) is 11.8 Å². The van der Waals surface area contributed by atoms with Crippen molar-refractivity contribution < 1.29 is 33.8 Å². The Hall–Kier alpha value is -4.80. The molecular weight excluding hydrogens is 622 g/mol. The first-order valence-corrected chi connectivity index (χ1v) is 16.9. The molecule has 4 heterocycles. The van der Waals surface area contributed by atoms with E-state index in [1.54, 1.807) is 42.0 Å². The van der Waals surface area contributed by atoms with Gasteiger partial charge in [-0.3, -0.25) is 19.2 Å². The summed E-state index contributed by atoms with van der Waals surface area (Å²) in [4.78, 5) is 61.8. The lowest BCUT2D eigenvalue weighted by molar-refractivity contribution is -0.164. The maximum atomic E-state index is 14.8. The minimum atomic E-state index is -1.51. The van der Waals surface area contributed by atoms with Gasteiger partial charge in [-0.1, -0.05) is 85.0 Å². The number of ether oxygens (including phenoxy) is 2. The number of benzene rings is 3. The predicted molar refractivity (Wildman–Crippen MR) is 183 cm³/mol. The molecule has 8 atom stereocenters. The number of amides is 3. The maximum absolute atomic E-state index is 14.8. The molecule has 0 saturated carbocycles. The van der Waals surface area contributed by atoms with Gasteiger partial charge in [-0.15, -0.1) is 0 Å². The summed E-state index contributed by atoms with van der Waals surface area (Å²) < 4.78 is 13.1. The maximum Gasteiger partial charge on any atom is 0.313 e. The van der Waals surface area contributed by atoms with Crippen molar-refractivity contribution in [2.45, 2.75) is 62.6 Å². The quantitative estimate of drug-likeness (QED) is 0.329. The van der Waals surface area contributed by atoms with E-state index in [4.69, 9.17) is 9.47 Å². The van der Waals surface area contributed by atoms with Crippen LogP contribution >= 0.6 is 0 Å². The Morgan fingerprint density at radius 1 is 0.939 bits per heavy atom. The molecule has 2 fully saturated rings. The summed E-state index contributed by atoms with van der Waals surface area (Å²) in [7, 11) is 1.70. The van der Waals surface area contributed by atoms with E-state index in [0.29, 0.717) is 17.7 Å². The molecule has 10 heteroatoms. The highest BCUT2D eigenvalue weighted by molar-refractivity contribution is 6.06. The molecule has 2 saturated heterocycles. The summed E-state index contributed by atoms with van der Waals surface area (Å²) in [5.74, 6) is -3.75. The van der Waals surface area contributed by atoms with Gasteiger partial charge in [0.1, 0.15) is 23.7 Å². The Bertz CT molecular complexity index is 1840. The monoisotopic (exact) mass is 663 g/mol. The van der Waals surface area contributed by atoms with E-state index in [1.165, 1.54) is 4.90 Å². The van der Waals surface area contributed by atoms with Crippen LogP contribution in [0.2, 0.25) is 0 Å². The molecule has 0 unspecified atom stereocenters. The summed E-state index contributed by atoms with van der Waals surface area (Å²) in [5.41, 5.74) is -0.139. The lowest BCUT2D eigenvalue weighted by Crippen LogP contribution is -2.57. The molecule has 4 aliphatic rings. The summed E-state index contributed by atoms with van der Waals surface area (Å²) in [6.07, 6.45) is 6.03. The van der Waals surface area contributed by atoms with Crippen LogP contribution in [-0.4, -0.2) is 88.6 Å². The van der Waals surface area contributed by atoms with Gasteiger partial charge in [-0.25, -0.2) is 0 Å². The van der Waals surface area contributed by atoms with Crippen molar-refractivity contribution in [1.29, 1.82) is 0 Å². The number of hydrogen-bond donors (Lipinski definition) is 1. The Morgan fingerprint density at radius 3 is 2.43 bits per heavy atom. The van der Waals surface area contributed by atoms with E-state index in [-0.39, 0.29) is 31.4 Å². The van der Waals surface area contributed by atoms with Crippen molar-refractivity contribution in [3.05, 3.63) is 103 Å². The number of likely N-dealkylation sites (N-methyl/N-ethyl adjacent to an activating group) is 1. The van der Waals surface area contributed by atoms with Gasteiger partial charge in [0.15, 0.2) is 0 Å². The van der Waals surface area contributed by atoms with E-state index < -0.39 is 59.6 Å². The third kappa shape index (κ3) is 5.43. The molecule has 254 valence electrons. The molecule has 0 bridgehead atoms. The normalized spacial score (nSPS) is 31.7. The summed E-state index contributed by atoms with van der Waals surface area (Å²) in [6.45, 7) is 3.36. The van der Waals surface area contributed by atoms with Crippen molar-refractivity contribution in [2.24, 2.45) is 11.8 Å². The molecule has 7 rings (SSSR count). The Balaban J connectivity index is 1.32. The topological polar surface area (TPSA) is 117 Å². The first kappa shape index (κ1) is 32.7. The second kappa shape index (κ2) is 12.9. The molecule has 0 radical (unpaired) electrons. The summed E-state index contributed by atoms with van der Waals surface area (Å²) in [6, 6.07) is 20.5. The molecule has 3 amide bonds. The van der Waals surface area contributed by atoms with Crippen molar-refractivity contribution in [3.8, 4) is 0 Å². The Kier molecular flexibility index (Phi) is 8.62. The number of cyclic esters (lactones) is 1. The van der Waals surface area contributed by atoms with Crippen LogP contribution in [0.4, 0.5) is 5.69 Å². The number of hydrogen-bond acceptors (Lipinski definition) is 7. The zero-order chi connectivity index (χ0) is 34.4. The van der Waals surface area contributed by atoms with Gasteiger partial charge in [0.25, 0.3) is 5.91 Å². The average molecular weight is 664 g/mol. The van der Waals surface area contributed by atoms with Gasteiger partial charge in [-0.05, 0) is 48.7 Å². The molecule has 0 aromatic heterocycles. The standard InChI is InChI=1S/C39H41N3O7/c1-24(23-43)42-35-37(46)41(29-19-18-26-12-7-8-15-28(26)22-29)21-11-20-39(35)33(36(42)45)32-30(49-39)16-9-10-17-31(44)40(3)25(2)34(48-38(32)47)27-13-5-4-6-14-27/h4-9,11-16,18-20,22,24-25,30,32-35,43H,10,17,21,23H2,1-3H3/b16-9-/t24-,25-,30-,32+,33+,34+,35-,39+/m1/s1. The van der Waals surface area contributed by atoms with Gasteiger partial charge < -0.3 is 29.3 Å². The number of fused-ring (bicyclic) bond motifs is 3. The van der Waals surface area contributed by atoms with Crippen molar-refractivity contribution >= 4 is 40.2 Å². The lowest BCUT2D eigenvalue weighted by atomic mass is 9.77.